The molecule has 0 radical (unpaired) electrons. The monoisotopic (exact) mass is 407 g/mol. The molecule has 0 atom stereocenters. The van der Waals surface area contributed by atoms with Crippen LogP contribution in [0.4, 0.5) is 10.2 Å². The van der Waals surface area contributed by atoms with Crippen molar-refractivity contribution in [1.82, 2.24) is 9.97 Å². The minimum Gasteiger partial charge on any atom is -0.451 e. The minimum absolute atomic E-state index is 0.271. The summed E-state index contributed by atoms with van der Waals surface area (Å²) in [5.74, 6) is 2.54. The topological polar surface area (TPSA) is 38.3 Å². The zero-order chi connectivity index (χ0) is 19.7. The Labute approximate surface area is 174 Å². The Kier molecular flexibility index (Phi) is 4.87. The Bertz CT molecular complexity index is 1000. The molecular formula is C23H22FN3OS. The summed E-state index contributed by atoms with van der Waals surface area (Å²) in [6.45, 7) is 2.05. The first-order chi connectivity index (χ1) is 14.2. The van der Waals surface area contributed by atoms with Gasteiger partial charge in [-0.05, 0) is 36.6 Å². The molecule has 148 valence electrons. The Morgan fingerprint density at radius 3 is 2.66 bits per heavy atom. The molecule has 2 fully saturated rings. The lowest BCUT2D eigenvalue weighted by molar-refractivity contribution is 0.0892. The molecule has 1 aliphatic carbocycles. The van der Waals surface area contributed by atoms with E-state index in [1.54, 1.807) is 30.4 Å². The van der Waals surface area contributed by atoms with E-state index in [4.69, 9.17) is 4.74 Å². The van der Waals surface area contributed by atoms with Crippen molar-refractivity contribution in [3.63, 3.8) is 0 Å². The van der Waals surface area contributed by atoms with Crippen LogP contribution in [0.2, 0.25) is 0 Å². The molecule has 0 amide bonds. The highest BCUT2D eigenvalue weighted by Gasteiger charge is 2.48. The zero-order valence-corrected chi connectivity index (χ0v) is 16.9. The number of anilines is 1. The van der Waals surface area contributed by atoms with Crippen molar-refractivity contribution in [2.45, 2.75) is 29.9 Å². The number of halogens is 1. The molecule has 1 saturated heterocycles. The summed E-state index contributed by atoms with van der Waals surface area (Å²) in [5, 5.41) is 0. The lowest BCUT2D eigenvalue weighted by Crippen LogP contribution is -2.60. The number of thioether (sulfide) groups is 1. The number of hydrogen-bond donors (Lipinski definition) is 0. The maximum absolute atomic E-state index is 13.9. The Hall–Kier alpha value is -2.60. The molecule has 4 nitrogen and oxygen atoms in total. The summed E-state index contributed by atoms with van der Waals surface area (Å²) < 4.78 is 20.1. The van der Waals surface area contributed by atoms with E-state index in [0.29, 0.717) is 16.9 Å². The predicted octanol–water partition coefficient (Wildman–Crippen LogP) is 5.69. The maximum atomic E-state index is 13.9. The van der Waals surface area contributed by atoms with Crippen molar-refractivity contribution in [2.24, 2.45) is 5.41 Å². The van der Waals surface area contributed by atoms with Crippen molar-refractivity contribution in [2.75, 3.05) is 18.0 Å². The molecule has 0 unspecified atom stereocenters. The van der Waals surface area contributed by atoms with Crippen LogP contribution in [0.5, 0.6) is 11.5 Å². The van der Waals surface area contributed by atoms with Crippen molar-refractivity contribution < 1.29 is 9.13 Å². The molecular weight excluding hydrogens is 385 g/mol. The van der Waals surface area contributed by atoms with Crippen LogP contribution in [0.3, 0.4) is 0 Å². The summed E-state index contributed by atoms with van der Waals surface area (Å²) in [5.41, 5.74) is 1.68. The number of aromatic nitrogens is 2. The summed E-state index contributed by atoms with van der Waals surface area (Å²) in [4.78, 5) is 11.6. The van der Waals surface area contributed by atoms with Gasteiger partial charge in [0.15, 0.2) is 11.6 Å². The number of rotatable bonds is 6. The van der Waals surface area contributed by atoms with Gasteiger partial charge in [-0.25, -0.2) is 14.4 Å². The minimum atomic E-state index is -0.271. The lowest BCUT2D eigenvalue weighted by atomic mass is 9.63. The van der Waals surface area contributed by atoms with E-state index in [1.807, 2.05) is 18.2 Å². The Morgan fingerprint density at radius 2 is 1.90 bits per heavy atom. The van der Waals surface area contributed by atoms with Crippen molar-refractivity contribution in [3.8, 4) is 11.5 Å². The van der Waals surface area contributed by atoms with Crippen LogP contribution < -0.4 is 9.64 Å². The van der Waals surface area contributed by atoms with Gasteiger partial charge in [-0.3, -0.25) is 0 Å². The fourth-order valence-electron chi connectivity index (χ4n) is 4.06. The van der Waals surface area contributed by atoms with Crippen LogP contribution >= 0.6 is 11.8 Å². The van der Waals surface area contributed by atoms with E-state index < -0.39 is 0 Å². The second-order valence-corrected chi connectivity index (χ2v) is 8.90. The summed E-state index contributed by atoms with van der Waals surface area (Å²) >= 11 is 1.56. The highest BCUT2D eigenvalue weighted by molar-refractivity contribution is 7.98. The quantitative estimate of drug-likeness (QED) is 0.491. The second kappa shape index (κ2) is 7.67. The van der Waals surface area contributed by atoms with Gasteiger partial charge in [-0.15, -0.1) is 11.8 Å². The SMILES string of the molecule is Fc1ccc(Oc2cncnc2N2CC3(CCC3)C2)c(SCc2ccccc2)c1. The van der Waals surface area contributed by atoms with Gasteiger partial charge < -0.3 is 9.64 Å². The summed E-state index contributed by atoms with van der Waals surface area (Å²) in [7, 11) is 0. The molecule has 2 heterocycles. The fraction of sp³-hybridized carbons (Fsp3) is 0.304. The third-order valence-electron chi connectivity index (χ3n) is 5.79. The van der Waals surface area contributed by atoms with Gasteiger partial charge in [0.1, 0.15) is 17.9 Å². The van der Waals surface area contributed by atoms with Crippen LogP contribution in [0.1, 0.15) is 24.8 Å². The van der Waals surface area contributed by atoms with Crippen LogP contribution in [-0.4, -0.2) is 23.1 Å². The number of benzene rings is 2. The van der Waals surface area contributed by atoms with E-state index in [-0.39, 0.29) is 5.82 Å². The smallest absolute Gasteiger partial charge is 0.188 e. The third kappa shape index (κ3) is 3.81. The lowest BCUT2D eigenvalue weighted by Gasteiger charge is -2.56. The Morgan fingerprint density at radius 1 is 1.07 bits per heavy atom. The van der Waals surface area contributed by atoms with Crippen molar-refractivity contribution >= 4 is 17.6 Å². The van der Waals surface area contributed by atoms with E-state index in [1.165, 1.54) is 37.0 Å². The standard InChI is InChI=1S/C23H22FN3OS/c24-18-7-8-19(21(11-18)29-13-17-5-2-1-3-6-17)28-20-12-25-16-26-22(20)27-14-23(15-27)9-4-10-23/h1-3,5-8,11-12,16H,4,9-10,13-15H2. The van der Waals surface area contributed by atoms with Crippen molar-refractivity contribution in [3.05, 3.63) is 72.4 Å². The van der Waals surface area contributed by atoms with Gasteiger partial charge in [0.2, 0.25) is 0 Å². The molecule has 0 bridgehead atoms. The molecule has 1 aromatic heterocycles. The molecule has 3 aromatic rings. The average molecular weight is 408 g/mol. The van der Waals surface area contributed by atoms with E-state index in [0.717, 1.165) is 29.6 Å². The molecule has 29 heavy (non-hydrogen) atoms. The molecule has 5 rings (SSSR count). The van der Waals surface area contributed by atoms with Crippen LogP contribution in [0.25, 0.3) is 0 Å². The van der Waals surface area contributed by atoms with Gasteiger partial charge in [0, 0.05) is 24.3 Å². The molecule has 2 aliphatic rings. The zero-order valence-electron chi connectivity index (χ0n) is 16.1. The first kappa shape index (κ1) is 18.4. The number of ether oxygens (including phenoxy) is 1. The van der Waals surface area contributed by atoms with Crippen LogP contribution in [0, 0.1) is 11.2 Å². The second-order valence-electron chi connectivity index (χ2n) is 7.89. The summed E-state index contributed by atoms with van der Waals surface area (Å²) in [6, 6.07) is 14.8. The molecule has 1 spiro atoms. The first-order valence-corrected chi connectivity index (χ1v) is 10.9. The molecule has 6 heteroatoms. The predicted molar refractivity (Wildman–Crippen MR) is 113 cm³/mol. The van der Waals surface area contributed by atoms with Crippen LogP contribution in [-0.2, 0) is 5.75 Å². The van der Waals surface area contributed by atoms with Crippen molar-refractivity contribution in [1.29, 1.82) is 0 Å². The molecule has 1 saturated carbocycles. The number of nitrogens with zero attached hydrogens (tertiary/aromatic N) is 3. The van der Waals surface area contributed by atoms with Gasteiger partial charge >= 0.3 is 0 Å². The maximum Gasteiger partial charge on any atom is 0.188 e. The number of hydrogen-bond acceptors (Lipinski definition) is 5. The fourth-order valence-corrected chi connectivity index (χ4v) is 5.02. The van der Waals surface area contributed by atoms with E-state index in [2.05, 4.69) is 27.0 Å². The van der Waals surface area contributed by atoms with E-state index in [9.17, 15) is 4.39 Å². The molecule has 2 aromatic carbocycles. The molecule has 1 aliphatic heterocycles. The van der Waals surface area contributed by atoms with Gasteiger partial charge in [0.25, 0.3) is 0 Å². The van der Waals surface area contributed by atoms with Gasteiger partial charge in [-0.2, -0.15) is 0 Å². The first-order valence-electron chi connectivity index (χ1n) is 9.90. The normalized spacial score (nSPS) is 16.9. The molecule has 0 N–H and O–H groups in total. The summed E-state index contributed by atoms with van der Waals surface area (Å²) in [6.07, 6.45) is 7.21. The largest absolute Gasteiger partial charge is 0.451 e. The van der Waals surface area contributed by atoms with E-state index >= 15 is 0 Å². The highest BCUT2D eigenvalue weighted by atomic mass is 32.2. The third-order valence-corrected chi connectivity index (χ3v) is 6.90. The highest BCUT2D eigenvalue weighted by Crippen LogP contribution is 2.50. The van der Waals surface area contributed by atoms with Crippen LogP contribution in [0.15, 0.2) is 66.0 Å². The Balaban J connectivity index is 1.35. The average Bonchev–Trinajstić information content (AvgIpc) is 2.68. The van der Waals surface area contributed by atoms with Gasteiger partial charge in [-0.1, -0.05) is 36.8 Å². The van der Waals surface area contributed by atoms with Gasteiger partial charge in [0.05, 0.1) is 11.1 Å².